The second-order valence-electron chi connectivity index (χ2n) is 7.14. The first-order valence-corrected chi connectivity index (χ1v) is 9.93. The lowest BCUT2D eigenvalue weighted by atomic mass is 10.1. The van der Waals surface area contributed by atoms with E-state index >= 15 is 0 Å². The van der Waals surface area contributed by atoms with Crippen molar-refractivity contribution in [1.82, 2.24) is 4.90 Å². The maximum absolute atomic E-state index is 9.55. The van der Waals surface area contributed by atoms with Gasteiger partial charge >= 0.3 is 11.9 Å². The Labute approximate surface area is 172 Å². The predicted octanol–water partition coefficient (Wildman–Crippen LogP) is 3.60. The van der Waals surface area contributed by atoms with Crippen LogP contribution in [0.5, 0.6) is 0 Å². The lowest BCUT2D eigenvalue weighted by Crippen LogP contribution is -2.52. The summed E-state index contributed by atoms with van der Waals surface area (Å²) in [4.78, 5) is 24.3. The molecule has 7 heteroatoms. The molecule has 0 saturated carbocycles. The molecule has 0 aromatic heterocycles. The first kappa shape index (κ1) is 20.4. The third-order valence-electron chi connectivity index (χ3n) is 5.37. The minimum absolute atomic E-state index is 0.558. The zero-order valence-corrected chi connectivity index (χ0v) is 17.2. The number of carbonyl (C=O) groups is 2. The normalized spacial score (nSPS) is 21.6. The van der Waals surface area contributed by atoms with E-state index in [1.165, 1.54) is 42.4 Å². The Balaban J connectivity index is 0.000000242. The van der Waals surface area contributed by atoms with Gasteiger partial charge in [-0.1, -0.05) is 28.1 Å². The summed E-state index contributed by atoms with van der Waals surface area (Å²) in [7, 11) is 2.29. The second-order valence-corrected chi connectivity index (χ2v) is 8.06. The van der Waals surface area contributed by atoms with Gasteiger partial charge in [-0.15, -0.1) is 0 Å². The fourth-order valence-corrected chi connectivity index (χ4v) is 4.25. The summed E-state index contributed by atoms with van der Waals surface area (Å²) < 4.78 is 1.15. The molecular weight excluding hydrogens is 424 g/mol. The molecule has 2 atom stereocenters. The Morgan fingerprint density at radius 1 is 0.964 bits per heavy atom. The highest BCUT2D eigenvalue weighted by Crippen LogP contribution is 2.32. The van der Waals surface area contributed by atoms with Crippen molar-refractivity contribution in [2.45, 2.75) is 24.9 Å². The molecule has 2 unspecified atom stereocenters. The van der Waals surface area contributed by atoms with Crippen molar-refractivity contribution in [2.24, 2.45) is 0 Å². The molecule has 2 aliphatic heterocycles. The molecule has 28 heavy (non-hydrogen) atoms. The lowest BCUT2D eigenvalue weighted by molar-refractivity contribution is -0.134. The van der Waals surface area contributed by atoms with Crippen LogP contribution in [0, 0.1) is 0 Å². The standard InChI is InChI=1S/C17H19BrN2.C4H4O4/c1-19-16-6-7-17(19)11-20(10-16)15-5-3-12-8-14(18)4-2-13(12)9-15;5-3(6)1-2-4(7)8/h2-5,8-9,16-17H,6-7,10-11H2,1H3;1-2H,(H,5,6)(H,7,8)/b;2-1+. The monoisotopic (exact) mass is 446 g/mol. The predicted molar refractivity (Wildman–Crippen MR) is 113 cm³/mol. The van der Waals surface area contributed by atoms with E-state index in [1.54, 1.807) is 0 Å². The SMILES string of the molecule is CN1C2CCC1CN(c1ccc3cc(Br)ccc3c1)C2.O=C(O)/C=C/C(=O)O. The summed E-state index contributed by atoms with van der Waals surface area (Å²) >= 11 is 3.54. The van der Waals surface area contributed by atoms with E-state index in [2.05, 4.69) is 69.2 Å². The summed E-state index contributed by atoms with van der Waals surface area (Å²) in [6.07, 6.45) is 3.83. The molecule has 2 aliphatic rings. The number of benzene rings is 2. The molecular formula is C21H23BrN2O4. The molecule has 6 nitrogen and oxygen atoms in total. The molecule has 2 aromatic carbocycles. The molecule has 148 valence electrons. The summed E-state index contributed by atoms with van der Waals surface area (Å²) in [6, 6.07) is 14.9. The molecule has 2 saturated heterocycles. The van der Waals surface area contributed by atoms with Crippen LogP contribution in [0.25, 0.3) is 10.8 Å². The second kappa shape index (κ2) is 8.75. The third kappa shape index (κ3) is 4.91. The molecule has 0 amide bonds. The largest absolute Gasteiger partial charge is 0.478 e. The Morgan fingerprint density at radius 2 is 1.50 bits per heavy atom. The fourth-order valence-electron chi connectivity index (χ4n) is 3.87. The van der Waals surface area contributed by atoms with Crippen molar-refractivity contribution in [3.63, 3.8) is 0 Å². The quantitative estimate of drug-likeness (QED) is 0.700. The van der Waals surface area contributed by atoms with E-state index in [0.29, 0.717) is 12.2 Å². The smallest absolute Gasteiger partial charge is 0.328 e. The lowest BCUT2D eigenvalue weighted by Gasteiger charge is -2.40. The first-order chi connectivity index (χ1) is 13.3. The van der Waals surface area contributed by atoms with E-state index in [-0.39, 0.29) is 0 Å². The van der Waals surface area contributed by atoms with Gasteiger partial charge in [-0.2, -0.15) is 0 Å². The Hall–Kier alpha value is -2.38. The van der Waals surface area contributed by atoms with E-state index < -0.39 is 11.9 Å². The van der Waals surface area contributed by atoms with Gasteiger partial charge in [0.15, 0.2) is 0 Å². The average Bonchev–Trinajstić information content (AvgIpc) is 2.87. The van der Waals surface area contributed by atoms with Crippen LogP contribution in [0.3, 0.4) is 0 Å². The number of halogens is 1. The number of carboxylic acids is 2. The number of hydrogen-bond donors (Lipinski definition) is 2. The fraction of sp³-hybridized carbons (Fsp3) is 0.333. The highest BCUT2D eigenvalue weighted by Gasteiger charge is 2.37. The van der Waals surface area contributed by atoms with E-state index in [4.69, 9.17) is 10.2 Å². The summed E-state index contributed by atoms with van der Waals surface area (Å²) in [5, 5.41) is 18.3. The van der Waals surface area contributed by atoms with Crippen LogP contribution in [0.2, 0.25) is 0 Å². The summed E-state index contributed by atoms with van der Waals surface area (Å²) in [5.74, 6) is -2.51. The van der Waals surface area contributed by atoms with Gasteiger partial charge in [-0.3, -0.25) is 4.90 Å². The first-order valence-electron chi connectivity index (χ1n) is 9.13. The van der Waals surface area contributed by atoms with Crippen molar-refractivity contribution in [3.05, 3.63) is 53.0 Å². The molecule has 4 rings (SSSR count). The number of fused-ring (bicyclic) bond motifs is 3. The number of carboxylic acid groups (broad SMARTS) is 2. The van der Waals surface area contributed by atoms with Gasteiger partial charge in [0.25, 0.3) is 0 Å². The van der Waals surface area contributed by atoms with Crippen molar-refractivity contribution >= 4 is 44.3 Å². The molecule has 2 aromatic rings. The van der Waals surface area contributed by atoms with Crippen LogP contribution in [0.1, 0.15) is 12.8 Å². The van der Waals surface area contributed by atoms with Crippen LogP contribution in [0.4, 0.5) is 5.69 Å². The Morgan fingerprint density at radius 3 is 2.07 bits per heavy atom. The third-order valence-corrected chi connectivity index (χ3v) is 5.86. The van der Waals surface area contributed by atoms with Gasteiger partial charge in [0.05, 0.1) is 0 Å². The van der Waals surface area contributed by atoms with Crippen LogP contribution in [0.15, 0.2) is 53.0 Å². The average molecular weight is 447 g/mol. The van der Waals surface area contributed by atoms with Crippen LogP contribution < -0.4 is 4.90 Å². The molecule has 2 bridgehead atoms. The number of likely N-dealkylation sites (N-methyl/N-ethyl adjacent to an activating group) is 1. The van der Waals surface area contributed by atoms with Crippen molar-refractivity contribution < 1.29 is 19.8 Å². The highest BCUT2D eigenvalue weighted by molar-refractivity contribution is 9.10. The van der Waals surface area contributed by atoms with Gasteiger partial charge < -0.3 is 15.1 Å². The van der Waals surface area contributed by atoms with Crippen LogP contribution in [-0.4, -0.2) is 59.3 Å². The van der Waals surface area contributed by atoms with Gasteiger partial charge in [-0.05, 0) is 54.9 Å². The number of aliphatic carboxylic acids is 2. The van der Waals surface area contributed by atoms with Crippen molar-refractivity contribution in [3.8, 4) is 0 Å². The summed E-state index contributed by atoms with van der Waals surface area (Å²) in [5.41, 5.74) is 1.38. The van der Waals surface area contributed by atoms with Gasteiger partial charge in [0.2, 0.25) is 0 Å². The van der Waals surface area contributed by atoms with E-state index in [1.807, 2.05) is 0 Å². The highest BCUT2D eigenvalue weighted by atomic mass is 79.9. The topological polar surface area (TPSA) is 81.1 Å². The number of nitrogens with zero attached hydrogens (tertiary/aromatic N) is 2. The molecule has 2 fully saturated rings. The van der Waals surface area contributed by atoms with Gasteiger partial charge in [0.1, 0.15) is 0 Å². The molecule has 0 radical (unpaired) electrons. The van der Waals surface area contributed by atoms with Gasteiger partial charge in [0, 0.05) is 47.5 Å². The van der Waals surface area contributed by atoms with Crippen LogP contribution in [-0.2, 0) is 9.59 Å². The molecule has 2 heterocycles. The number of hydrogen-bond acceptors (Lipinski definition) is 4. The van der Waals surface area contributed by atoms with Gasteiger partial charge in [-0.25, -0.2) is 9.59 Å². The maximum atomic E-state index is 9.55. The van der Waals surface area contributed by atoms with E-state index in [9.17, 15) is 9.59 Å². The zero-order valence-electron chi connectivity index (χ0n) is 15.6. The zero-order chi connectivity index (χ0) is 20.3. The van der Waals surface area contributed by atoms with Crippen LogP contribution >= 0.6 is 15.9 Å². The molecule has 0 spiro atoms. The number of rotatable bonds is 3. The van der Waals surface area contributed by atoms with E-state index in [0.717, 1.165) is 16.6 Å². The number of piperazine rings is 1. The minimum Gasteiger partial charge on any atom is -0.478 e. The maximum Gasteiger partial charge on any atom is 0.328 e. The summed E-state index contributed by atoms with van der Waals surface area (Å²) in [6.45, 7) is 2.35. The Bertz CT molecular complexity index is 884. The molecule has 2 N–H and O–H groups in total. The number of anilines is 1. The van der Waals surface area contributed by atoms with Crippen molar-refractivity contribution in [2.75, 3.05) is 25.0 Å². The minimum atomic E-state index is -1.26. The van der Waals surface area contributed by atoms with Crippen molar-refractivity contribution in [1.29, 1.82) is 0 Å². The molecule has 0 aliphatic carbocycles. The Kier molecular flexibility index (Phi) is 6.36.